The topological polar surface area (TPSA) is 41.6 Å². The summed E-state index contributed by atoms with van der Waals surface area (Å²) in [6, 6.07) is 0.450. The highest BCUT2D eigenvalue weighted by atomic mass is 16.6. The smallest absolute Gasteiger partial charge is 0.310 e. The van der Waals surface area contributed by atoms with Crippen LogP contribution < -0.4 is 5.32 Å². The Morgan fingerprint density at radius 3 is 2.39 bits per heavy atom. The van der Waals surface area contributed by atoms with Crippen molar-refractivity contribution in [2.45, 2.75) is 52.7 Å². The lowest BCUT2D eigenvalue weighted by molar-refractivity contribution is -0.161. The Morgan fingerprint density at radius 1 is 1.28 bits per heavy atom. The van der Waals surface area contributed by atoms with E-state index in [0.29, 0.717) is 6.04 Å². The number of ether oxygens (including phenoxy) is 1. The molecule has 0 saturated carbocycles. The average molecular weight is 256 g/mol. The molecule has 0 amide bonds. The van der Waals surface area contributed by atoms with Gasteiger partial charge in [-0.05, 0) is 40.3 Å². The van der Waals surface area contributed by atoms with E-state index >= 15 is 0 Å². The molecule has 0 aromatic heterocycles. The van der Waals surface area contributed by atoms with Gasteiger partial charge in [-0.2, -0.15) is 0 Å². The summed E-state index contributed by atoms with van der Waals surface area (Å²) >= 11 is 0. The molecular formula is C14H28N2O2. The number of likely N-dealkylation sites (N-methyl/N-ethyl adjacent to an activating group) is 1. The Morgan fingerprint density at radius 2 is 1.89 bits per heavy atom. The van der Waals surface area contributed by atoms with Crippen molar-refractivity contribution >= 4 is 5.97 Å². The second-order valence-electron chi connectivity index (χ2n) is 6.00. The predicted octanol–water partition coefficient (Wildman–Crippen LogP) is 1.65. The van der Waals surface area contributed by atoms with Gasteiger partial charge in [0.25, 0.3) is 0 Å². The first kappa shape index (κ1) is 15.4. The quantitative estimate of drug-likeness (QED) is 0.777. The molecule has 1 aliphatic heterocycles. The van der Waals surface area contributed by atoms with Crippen molar-refractivity contribution in [3.63, 3.8) is 0 Å². The minimum absolute atomic E-state index is 0.0106. The number of nitrogens with one attached hydrogen (secondary N) is 1. The van der Waals surface area contributed by atoms with Crippen LogP contribution in [0.2, 0.25) is 0 Å². The zero-order valence-electron chi connectivity index (χ0n) is 12.5. The number of rotatable bonds is 4. The Hall–Kier alpha value is -0.610. The van der Waals surface area contributed by atoms with E-state index in [-0.39, 0.29) is 17.5 Å². The number of esters is 1. The van der Waals surface area contributed by atoms with E-state index in [4.69, 9.17) is 4.74 Å². The molecule has 1 N–H and O–H groups in total. The molecule has 4 heteroatoms. The number of carbonyl (C=O) groups is 1. The second kappa shape index (κ2) is 6.53. The largest absolute Gasteiger partial charge is 0.460 e. The van der Waals surface area contributed by atoms with E-state index in [0.717, 1.165) is 32.6 Å². The monoisotopic (exact) mass is 256 g/mol. The molecule has 1 heterocycles. The highest BCUT2D eigenvalue weighted by Crippen LogP contribution is 2.20. The molecule has 0 spiro atoms. The van der Waals surface area contributed by atoms with E-state index < -0.39 is 0 Å². The maximum absolute atomic E-state index is 12.1. The highest BCUT2D eigenvalue weighted by molar-refractivity contribution is 5.73. The van der Waals surface area contributed by atoms with Crippen LogP contribution in [0, 0.1) is 5.92 Å². The third-order valence-electron chi connectivity index (χ3n) is 3.40. The lowest BCUT2D eigenvalue weighted by atomic mass is 9.94. The summed E-state index contributed by atoms with van der Waals surface area (Å²) in [5, 5.41) is 3.36. The van der Waals surface area contributed by atoms with Gasteiger partial charge in [0.15, 0.2) is 0 Å². The first-order valence-corrected chi connectivity index (χ1v) is 7.05. The van der Waals surface area contributed by atoms with Crippen LogP contribution in [-0.4, -0.2) is 48.7 Å². The molecule has 0 aliphatic carbocycles. The lowest BCUT2D eigenvalue weighted by Crippen LogP contribution is -2.51. The fourth-order valence-corrected chi connectivity index (χ4v) is 2.50. The number of nitrogens with zero attached hydrogens (tertiary/aromatic N) is 1. The zero-order chi connectivity index (χ0) is 13.8. The molecule has 0 bridgehead atoms. The molecule has 4 nitrogen and oxygen atoms in total. The maximum Gasteiger partial charge on any atom is 0.310 e. The summed E-state index contributed by atoms with van der Waals surface area (Å²) < 4.78 is 5.48. The van der Waals surface area contributed by atoms with E-state index in [1.54, 1.807) is 0 Å². The van der Waals surface area contributed by atoms with Crippen LogP contribution in [0.4, 0.5) is 0 Å². The molecule has 0 radical (unpaired) electrons. The van der Waals surface area contributed by atoms with Crippen molar-refractivity contribution in [2.24, 2.45) is 5.92 Å². The summed E-state index contributed by atoms with van der Waals surface area (Å²) in [6.07, 6.45) is 0.906. The summed E-state index contributed by atoms with van der Waals surface area (Å²) in [7, 11) is 0. The van der Waals surface area contributed by atoms with Gasteiger partial charge in [-0.25, -0.2) is 0 Å². The van der Waals surface area contributed by atoms with Gasteiger partial charge in [-0.1, -0.05) is 13.8 Å². The SMILES string of the molecule is CCN(CC)[C@@H]1CNC[C@@H](C(=O)OC(C)(C)C)C1. The Labute approximate surface area is 111 Å². The van der Waals surface area contributed by atoms with Crippen LogP contribution in [0.25, 0.3) is 0 Å². The minimum Gasteiger partial charge on any atom is -0.460 e. The molecule has 1 saturated heterocycles. The lowest BCUT2D eigenvalue weighted by Gasteiger charge is -2.36. The van der Waals surface area contributed by atoms with Crippen LogP contribution in [0.5, 0.6) is 0 Å². The van der Waals surface area contributed by atoms with Crippen LogP contribution >= 0.6 is 0 Å². The van der Waals surface area contributed by atoms with Crippen LogP contribution in [0.1, 0.15) is 41.0 Å². The van der Waals surface area contributed by atoms with Gasteiger partial charge in [0, 0.05) is 19.1 Å². The van der Waals surface area contributed by atoms with Crippen LogP contribution in [-0.2, 0) is 9.53 Å². The summed E-state index contributed by atoms with van der Waals surface area (Å²) in [5.41, 5.74) is -0.390. The number of carbonyl (C=O) groups excluding carboxylic acids is 1. The van der Waals surface area contributed by atoms with Crippen molar-refractivity contribution < 1.29 is 9.53 Å². The van der Waals surface area contributed by atoms with Gasteiger partial charge in [-0.3, -0.25) is 9.69 Å². The first-order chi connectivity index (χ1) is 8.37. The summed E-state index contributed by atoms with van der Waals surface area (Å²) in [5.74, 6) is -0.0737. The van der Waals surface area contributed by atoms with E-state index in [1.807, 2.05) is 20.8 Å². The molecule has 18 heavy (non-hydrogen) atoms. The van der Waals surface area contributed by atoms with Crippen LogP contribution in [0.15, 0.2) is 0 Å². The number of piperidine rings is 1. The molecule has 1 rings (SSSR count). The van der Waals surface area contributed by atoms with Gasteiger partial charge >= 0.3 is 5.97 Å². The van der Waals surface area contributed by atoms with E-state index in [9.17, 15) is 4.79 Å². The third-order valence-corrected chi connectivity index (χ3v) is 3.40. The van der Waals surface area contributed by atoms with Crippen molar-refractivity contribution in [1.82, 2.24) is 10.2 Å². The second-order valence-corrected chi connectivity index (χ2v) is 6.00. The van der Waals surface area contributed by atoms with Gasteiger partial charge < -0.3 is 10.1 Å². The summed E-state index contributed by atoms with van der Waals surface area (Å²) in [4.78, 5) is 14.5. The van der Waals surface area contributed by atoms with Gasteiger partial charge in [0.1, 0.15) is 5.60 Å². The highest BCUT2D eigenvalue weighted by Gasteiger charge is 2.32. The third kappa shape index (κ3) is 4.58. The van der Waals surface area contributed by atoms with Crippen molar-refractivity contribution in [3.05, 3.63) is 0 Å². The van der Waals surface area contributed by atoms with Crippen LogP contribution in [0.3, 0.4) is 0 Å². The molecule has 1 aliphatic rings. The molecule has 0 unspecified atom stereocenters. The summed E-state index contributed by atoms with van der Waals surface area (Å²) in [6.45, 7) is 13.9. The standard InChI is InChI=1S/C14H28N2O2/c1-6-16(7-2)12-8-11(9-15-10-12)13(17)18-14(3,4)5/h11-12,15H,6-10H2,1-5H3/t11-,12-/m0/s1. The Bertz CT molecular complexity index is 269. The van der Waals surface area contributed by atoms with Gasteiger partial charge in [0.05, 0.1) is 5.92 Å². The zero-order valence-corrected chi connectivity index (χ0v) is 12.5. The maximum atomic E-state index is 12.1. The normalized spacial score (nSPS) is 25.2. The fraction of sp³-hybridized carbons (Fsp3) is 0.929. The van der Waals surface area contributed by atoms with Crippen molar-refractivity contribution in [3.8, 4) is 0 Å². The first-order valence-electron chi connectivity index (χ1n) is 7.05. The van der Waals surface area contributed by atoms with Gasteiger partial charge in [0.2, 0.25) is 0 Å². The molecule has 106 valence electrons. The van der Waals surface area contributed by atoms with E-state index in [1.165, 1.54) is 0 Å². The molecular weight excluding hydrogens is 228 g/mol. The molecule has 2 atom stereocenters. The van der Waals surface area contributed by atoms with Gasteiger partial charge in [-0.15, -0.1) is 0 Å². The number of hydrogen-bond donors (Lipinski definition) is 1. The minimum atomic E-state index is -0.390. The predicted molar refractivity (Wildman–Crippen MR) is 73.5 cm³/mol. The Kier molecular flexibility index (Phi) is 5.60. The number of hydrogen-bond acceptors (Lipinski definition) is 4. The van der Waals surface area contributed by atoms with Crippen molar-refractivity contribution in [1.29, 1.82) is 0 Å². The average Bonchev–Trinajstić information content (AvgIpc) is 2.29. The Balaban J connectivity index is 2.55. The van der Waals surface area contributed by atoms with E-state index in [2.05, 4.69) is 24.1 Å². The van der Waals surface area contributed by atoms with Crippen molar-refractivity contribution in [2.75, 3.05) is 26.2 Å². The molecule has 0 aromatic rings. The fourth-order valence-electron chi connectivity index (χ4n) is 2.50. The molecule has 1 fully saturated rings. The molecule has 0 aromatic carbocycles.